The van der Waals surface area contributed by atoms with E-state index in [0.717, 1.165) is 41.4 Å². The van der Waals surface area contributed by atoms with E-state index in [4.69, 9.17) is 11.6 Å². The monoisotopic (exact) mass is 477 g/mol. The van der Waals surface area contributed by atoms with Gasteiger partial charge >= 0.3 is 0 Å². The molecule has 4 rings (SSSR count). The molecular formula is C26H28ClN5O2. The first-order valence-electron chi connectivity index (χ1n) is 11.5. The number of hydrogen-bond acceptors (Lipinski definition) is 4. The van der Waals surface area contributed by atoms with Crippen LogP contribution in [0.4, 0.5) is 0 Å². The maximum Gasteiger partial charge on any atom is 0.268 e. The molecule has 2 heterocycles. The average Bonchev–Trinajstić information content (AvgIpc) is 3.15. The van der Waals surface area contributed by atoms with Gasteiger partial charge in [0, 0.05) is 36.1 Å². The molecule has 3 aromatic rings. The highest BCUT2D eigenvalue weighted by molar-refractivity contribution is 6.29. The number of carbonyl (C=O) groups is 2. The number of nitriles is 1. The van der Waals surface area contributed by atoms with Crippen molar-refractivity contribution >= 4 is 34.3 Å². The van der Waals surface area contributed by atoms with Gasteiger partial charge in [0.2, 0.25) is 5.91 Å². The van der Waals surface area contributed by atoms with Gasteiger partial charge in [0.05, 0.1) is 12.0 Å². The second kappa shape index (κ2) is 10.3. The molecule has 1 fully saturated rings. The van der Waals surface area contributed by atoms with Crippen molar-refractivity contribution in [2.45, 2.75) is 51.1 Å². The smallest absolute Gasteiger partial charge is 0.268 e. The molecule has 8 heteroatoms. The Morgan fingerprint density at radius 2 is 2.00 bits per heavy atom. The molecule has 0 radical (unpaired) electrons. The summed E-state index contributed by atoms with van der Waals surface area (Å²) >= 11 is 6.04. The van der Waals surface area contributed by atoms with Gasteiger partial charge in [0.1, 0.15) is 16.9 Å². The molecule has 7 nitrogen and oxygen atoms in total. The molecule has 1 aromatic carbocycles. The Balaban J connectivity index is 1.45. The van der Waals surface area contributed by atoms with E-state index in [1.807, 2.05) is 54.9 Å². The van der Waals surface area contributed by atoms with Gasteiger partial charge in [-0.15, -0.1) is 0 Å². The average molecular weight is 478 g/mol. The molecule has 0 saturated heterocycles. The number of aryl methyl sites for hydroxylation is 2. The molecular weight excluding hydrogens is 450 g/mol. The third kappa shape index (κ3) is 5.23. The van der Waals surface area contributed by atoms with Crippen LogP contribution in [0.1, 0.15) is 47.4 Å². The molecule has 1 unspecified atom stereocenters. The molecule has 1 aliphatic rings. The summed E-state index contributed by atoms with van der Waals surface area (Å²) in [5, 5.41) is 17.0. The predicted octanol–water partition coefficient (Wildman–Crippen LogP) is 4.07. The zero-order chi connectivity index (χ0) is 24.2. The molecule has 176 valence electrons. The van der Waals surface area contributed by atoms with Crippen LogP contribution < -0.4 is 10.6 Å². The van der Waals surface area contributed by atoms with Crippen molar-refractivity contribution in [1.82, 2.24) is 20.2 Å². The number of rotatable bonds is 6. The largest absolute Gasteiger partial charge is 0.347 e. The lowest BCUT2D eigenvalue weighted by Gasteiger charge is -2.32. The lowest BCUT2D eigenvalue weighted by atomic mass is 9.83. The Hall–Kier alpha value is -3.37. The van der Waals surface area contributed by atoms with Crippen molar-refractivity contribution in [2.24, 2.45) is 13.0 Å². The maximum atomic E-state index is 13.2. The fourth-order valence-corrected chi connectivity index (χ4v) is 5.10. The van der Waals surface area contributed by atoms with E-state index in [9.17, 15) is 14.9 Å². The molecule has 0 aliphatic heterocycles. The van der Waals surface area contributed by atoms with E-state index in [2.05, 4.69) is 21.7 Å². The predicted molar refractivity (Wildman–Crippen MR) is 131 cm³/mol. The van der Waals surface area contributed by atoms with Gasteiger partial charge in [-0.25, -0.2) is 4.98 Å². The van der Waals surface area contributed by atoms with Gasteiger partial charge in [0.25, 0.3) is 5.91 Å². The summed E-state index contributed by atoms with van der Waals surface area (Å²) in [6, 6.07) is 14.5. The van der Waals surface area contributed by atoms with Crippen molar-refractivity contribution in [1.29, 1.82) is 5.26 Å². The first-order chi connectivity index (χ1) is 16.4. The third-order valence-electron chi connectivity index (χ3n) is 6.50. The maximum absolute atomic E-state index is 13.2. The Labute approximate surface area is 204 Å². The highest BCUT2D eigenvalue weighted by Crippen LogP contribution is 2.26. The van der Waals surface area contributed by atoms with Crippen LogP contribution in [0.2, 0.25) is 5.15 Å². The number of benzene rings is 1. The molecule has 1 aliphatic carbocycles. The van der Waals surface area contributed by atoms with Gasteiger partial charge in [-0.2, -0.15) is 5.26 Å². The summed E-state index contributed by atoms with van der Waals surface area (Å²) in [4.78, 5) is 30.4. The summed E-state index contributed by atoms with van der Waals surface area (Å²) in [5.74, 6) is -0.779. The number of para-hydroxylation sites is 1. The second-order valence-electron chi connectivity index (χ2n) is 8.95. The minimum absolute atomic E-state index is 0.192. The molecule has 2 aromatic heterocycles. The van der Waals surface area contributed by atoms with Crippen LogP contribution in [0.3, 0.4) is 0 Å². The number of amides is 2. The number of fused-ring (bicyclic) bond motifs is 1. The number of pyridine rings is 1. The molecule has 1 saturated carbocycles. The van der Waals surface area contributed by atoms with Gasteiger partial charge in [0.15, 0.2) is 0 Å². The Kier molecular flexibility index (Phi) is 7.18. The quantitative estimate of drug-likeness (QED) is 0.522. The summed E-state index contributed by atoms with van der Waals surface area (Å²) in [7, 11) is 1.87. The molecule has 2 amide bonds. The van der Waals surface area contributed by atoms with Gasteiger partial charge in [-0.3, -0.25) is 9.59 Å². The molecule has 3 atom stereocenters. The SMILES string of the molecule is Cc1cc(CC(C#N)NC(=O)[C@@H]2CCCC[C@@H]2NC(=O)c2cc3ccccc3n2C)cc(Cl)n1. The van der Waals surface area contributed by atoms with Crippen LogP contribution in [-0.2, 0) is 18.3 Å². The second-order valence-corrected chi connectivity index (χ2v) is 9.34. The number of halogens is 1. The zero-order valence-electron chi connectivity index (χ0n) is 19.3. The molecule has 0 bridgehead atoms. The summed E-state index contributed by atoms with van der Waals surface area (Å²) < 4.78 is 1.87. The molecule has 0 spiro atoms. The van der Waals surface area contributed by atoms with Crippen molar-refractivity contribution in [2.75, 3.05) is 0 Å². The van der Waals surface area contributed by atoms with Crippen LogP contribution in [0, 0.1) is 24.2 Å². The number of carbonyl (C=O) groups excluding carboxylic acids is 2. The van der Waals surface area contributed by atoms with Crippen molar-refractivity contribution in [3.8, 4) is 6.07 Å². The van der Waals surface area contributed by atoms with E-state index < -0.39 is 6.04 Å². The number of nitrogens with one attached hydrogen (secondary N) is 2. The zero-order valence-corrected chi connectivity index (χ0v) is 20.1. The molecule has 2 N–H and O–H groups in total. The Morgan fingerprint density at radius 3 is 2.74 bits per heavy atom. The van der Waals surface area contributed by atoms with E-state index in [1.165, 1.54) is 0 Å². The van der Waals surface area contributed by atoms with Crippen molar-refractivity contribution < 1.29 is 9.59 Å². The van der Waals surface area contributed by atoms with E-state index >= 15 is 0 Å². The lowest BCUT2D eigenvalue weighted by molar-refractivity contribution is -0.127. The highest BCUT2D eigenvalue weighted by Gasteiger charge is 2.33. The fourth-order valence-electron chi connectivity index (χ4n) is 4.82. The van der Waals surface area contributed by atoms with Crippen molar-refractivity contribution in [3.63, 3.8) is 0 Å². The topological polar surface area (TPSA) is 99.8 Å². The van der Waals surface area contributed by atoms with Gasteiger partial charge in [-0.1, -0.05) is 42.6 Å². The van der Waals surface area contributed by atoms with Crippen LogP contribution in [0.15, 0.2) is 42.5 Å². The minimum atomic E-state index is -0.693. The summed E-state index contributed by atoms with van der Waals surface area (Å²) in [6.45, 7) is 1.83. The van der Waals surface area contributed by atoms with E-state index in [1.54, 1.807) is 6.07 Å². The fraction of sp³-hybridized carbons (Fsp3) is 0.385. The van der Waals surface area contributed by atoms with Crippen LogP contribution in [0.25, 0.3) is 10.9 Å². The van der Waals surface area contributed by atoms with Crippen molar-refractivity contribution in [3.05, 3.63) is 64.6 Å². The minimum Gasteiger partial charge on any atom is -0.347 e. The summed E-state index contributed by atoms with van der Waals surface area (Å²) in [5.41, 5.74) is 3.14. The standard InChI is InChI=1S/C26H28ClN5O2/c1-16-11-17(13-24(27)29-16)12-19(15-28)30-25(33)20-8-4-5-9-21(20)31-26(34)23-14-18-7-3-6-10-22(18)32(23)2/h3,6-7,10-11,13-14,19-21H,4-5,8-9,12H2,1-2H3,(H,30,33)(H,31,34)/t19?,20-,21+/m1/s1. The van der Waals surface area contributed by atoms with Gasteiger partial charge < -0.3 is 15.2 Å². The normalized spacial score (nSPS) is 18.8. The Morgan fingerprint density at radius 1 is 1.24 bits per heavy atom. The van der Waals surface area contributed by atoms with Crippen LogP contribution in [-0.4, -0.2) is 33.4 Å². The van der Waals surface area contributed by atoms with Gasteiger partial charge in [-0.05, 0) is 49.6 Å². The number of nitrogens with zero attached hydrogens (tertiary/aromatic N) is 3. The van der Waals surface area contributed by atoms with Crippen LogP contribution in [0.5, 0.6) is 0 Å². The third-order valence-corrected chi connectivity index (χ3v) is 6.69. The number of hydrogen-bond donors (Lipinski definition) is 2. The summed E-state index contributed by atoms with van der Waals surface area (Å²) in [6.07, 6.45) is 3.59. The van der Waals surface area contributed by atoms with E-state index in [0.29, 0.717) is 23.7 Å². The van der Waals surface area contributed by atoms with E-state index in [-0.39, 0.29) is 23.8 Å². The first-order valence-corrected chi connectivity index (χ1v) is 11.9. The number of aromatic nitrogens is 2. The molecule has 34 heavy (non-hydrogen) atoms. The Bertz CT molecular complexity index is 1240. The highest BCUT2D eigenvalue weighted by atomic mass is 35.5. The van der Waals surface area contributed by atoms with Crippen LogP contribution >= 0.6 is 11.6 Å². The lowest BCUT2D eigenvalue weighted by Crippen LogP contribution is -2.50. The first kappa shape index (κ1) is 23.8.